The highest BCUT2D eigenvalue weighted by Crippen LogP contribution is 2.29. The van der Waals surface area contributed by atoms with Crippen LogP contribution in [0.15, 0.2) is 84.3 Å². The van der Waals surface area contributed by atoms with Crippen LogP contribution in [0.2, 0.25) is 0 Å². The van der Waals surface area contributed by atoms with Crippen LogP contribution < -0.4 is 11.5 Å². The summed E-state index contributed by atoms with van der Waals surface area (Å²) < 4.78 is 2.02. The number of pyridine rings is 1. The Morgan fingerprint density at radius 3 is 1.94 bits per heavy atom. The van der Waals surface area contributed by atoms with Crippen LogP contribution in [0.25, 0.3) is 16.9 Å². The number of amidine groups is 2. The van der Waals surface area contributed by atoms with Gasteiger partial charge in [0.05, 0.1) is 11.4 Å². The van der Waals surface area contributed by atoms with E-state index >= 15 is 0 Å². The summed E-state index contributed by atoms with van der Waals surface area (Å²) in [4.78, 5) is 9.24. The van der Waals surface area contributed by atoms with Gasteiger partial charge >= 0.3 is 0 Å². The van der Waals surface area contributed by atoms with Gasteiger partial charge in [-0.3, -0.25) is 20.4 Å². The van der Waals surface area contributed by atoms with E-state index in [9.17, 15) is 0 Å². The predicted octanol–water partition coefficient (Wildman–Crippen LogP) is 5.06. The molecule has 7 nitrogen and oxygen atoms in total. The molecule has 0 saturated heterocycles. The van der Waals surface area contributed by atoms with Crippen LogP contribution >= 0.6 is 49.0 Å². The number of imidazole rings is 1. The minimum atomic E-state index is 0. The van der Waals surface area contributed by atoms with Gasteiger partial charge in [-0.1, -0.05) is 42.1 Å². The number of hydrogen-bond donors (Lipinski definition) is 4. The monoisotopic (exact) mass is 535 g/mol. The molecule has 6 N–H and O–H groups in total. The van der Waals surface area contributed by atoms with Crippen molar-refractivity contribution in [3.63, 3.8) is 0 Å². The molecular weight excluding hydrogens is 513 g/mol. The number of aromatic nitrogens is 3. The smallest absolute Gasteiger partial charge is 0.173 e. The van der Waals surface area contributed by atoms with E-state index < -0.39 is 0 Å². The molecule has 34 heavy (non-hydrogen) atoms. The molecule has 0 spiro atoms. The Hall–Kier alpha value is -3.04. The lowest BCUT2D eigenvalue weighted by molar-refractivity contribution is 0.894. The maximum absolute atomic E-state index is 7.60. The molecule has 4 rings (SSSR count). The Morgan fingerprint density at radius 1 is 0.824 bits per heavy atom. The summed E-state index contributed by atoms with van der Waals surface area (Å²) >= 11 is 1.60. The van der Waals surface area contributed by atoms with Gasteiger partial charge in [-0.25, -0.2) is 4.98 Å². The topological polar surface area (TPSA) is 130 Å². The molecule has 0 radical (unpaired) electrons. The van der Waals surface area contributed by atoms with Crippen LogP contribution in [0.1, 0.15) is 16.8 Å². The standard InChI is InChI=1S/C23H21N7S.3ClH/c24-21(25)16-6-4-15(5-7-16)20-13-30(19-10-8-17(9-11-19)22(26)27)23(29-20)31-14-18-3-1-2-12-28-18;;;/h1-13H,14H2,(H3,24,25)(H3,26,27);3*1H. The van der Waals surface area contributed by atoms with Gasteiger partial charge < -0.3 is 11.5 Å². The first-order valence-electron chi connectivity index (χ1n) is 9.53. The molecule has 0 amide bonds. The molecule has 0 saturated carbocycles. The van der Waals surface area contributed by atoms with Crippen molar-refractivity contribution in [1.29, 1.82) is 10.8 Å². The summed E-state index contributed by atoms with van der Waals surface area (Å²) in [6.07, 6.45) is 3.76. The first-order valence-corrected chi connectivity index (χ1v) is 10.5. The molecule has 0 fully saturated rings. The van der Waals surface area contributed by atoms with Gasteiger partial charge in [0.1, 0.15) is 11.7 Å². The fourth-order valence-electron chi connectivity index (χ4n) is 3.03. The highest BCUT2D eigenvalue weighted by atomic mass is 35.5. The van der Waals surface area contributed by atoms with Crippen molar-refractivity contribution in [2.24, 2.45) is 11.5 Å². The zero-order valence-corrected chi connectivity index (χ0v) is 21.1. The fraction of sp³-hybridized carbons (Fsp3) is 0.0435. The molecular formula is C23H24Cl3N7S. The summed E-state index contributed by atoms with van der Waals surface area (Å²) in [5.41, 5.74) is 16.1. The maximum atomic E-state index is 7.60. The fourth-order valence-corrected chi connectivity index (χ4v) is 3.94. The van der Waals surface area contributed by atoms with Crippen LogP contribution in [-0.2, 0) is 5.75 Å². The number of nitrogens with two attached hydrogens (primary N) is 2. The predicted molar refractivity (Wildman–Crippen MR) is 147 cm³/mol. The molecule has 0 bridgehead atoms. The average molecular weight is 537 g/mol. The van der Waals surface area contributed by atoms with Crippen LogP contribution in [0.4, 0.5) is 0 Å². The van der Waals surface area contributed by atoms with Gasteiger partial charge in [-0.2, -0.15) is 0 Å². The van der Waals surface area contributed by atoms with Crippen LogP contribution in [0, 0.1) is 10.8 Å². The second kappa shape index (κ2) is 13.0. The highest BCUT2D eigenvalue weighted by Gasteiger charge is 2.13. The Labute approximate surface area is 220 Å². The third kappa shape index (κ3) is 6.74. The first kappa shape index (κ1) is 29.0. The summed E-state index contributed by atoms with van der Waals surface area (Å²) in [5, 5.41) is 16.0. The SMILES string of the molecule is Cl.Cl.Cl.N=C(N)c1ccc(-c2cn(-c3ccc(C(=N)N)cc3)c(SCc3ccccn3)n2)cc1. The molecule has 0 unspecified atom stereocenters. The molecule has 2 aromatic heterocycles. The Morgan fingerprint density at radius 2 is 1.41 bits per heavy atom. The average Bonchev–Trinajstić information content (AvgIpc) is 3.23. The van der Waals surface area contributed by atoms with Crippen LogP contribution in [0.5, 0.6) is 0 Å². The number of rotatable bonds is 7. The van der Waals surface area contributed by atoms with Crippen molar-refractivity contribution >= 4 is 60.7 Å². The summed E-state index contributed by atoms with van der Waals surface area (Å²) in [5.74, 6) is 0.758. The molecule has 0 atom stereocenters. The van der Waals surface area contributed by atoms with E-state index in [2.05, 4.69) is 4.98 Å². The highest BCUT2D eigenvalue weighted by molar-refractivity contribution is 7.98. The van der Waals surface area contributed by atoms with Gasteiger partial charge in [-0.15, -0.1) is 37.2 Å². The Balaban J connectivity index is 0.00000193. The van der Waals surface area contributed by atoms with Gasteiger partial charge in [0, 0.05) is 40.5 Å². The minimum Gasteiger partial charge on any atom is -0.384 e. The summed E-state index contributed by atoms with van der Waals surface area (Å²) in [6, 6.07) is 20.8. The zero-order chi connectivity index (χ0) is 21.8. The Kier molecular flexibility index (Phi) is 11.1. The van der Waals surface area contributed by atoms with Gasteiger partial charge in [0.25, 0.3) is 0 Å². The van der Waals surface area contributed by atoms with E-state index in [0.717, 1.165) is 27.8 Å². The number of nitrogens with one attached hydrogen (secondary N) is 2. The molecule has 11 heteroatoms. The first-order chi connectivity index (χ1) is 15.0. The quantitative estimate of drug-likeness (QED) is 0.149. The molecule has 0 aliphatic rings. The van der Waals surface area contributed by atoms with Crippen LogP contribution in [0.3, 0.4) is 0 Å². The third-order valence-electron chi connectivity index (χ3n) is 4.70. The van der Waals surface area contributed by atoms with Crippen molar-refractivity contribution in [2.45, 2.75) is 10.9 Å². The van der Waals surface area contributed by atoms with E-state index in [1.54, 1.807) is 18.0 Å². The molecule has 178 valence electrons. The second-order valence-electron chi connectivity index (χ2n) is 6.84. The summed E-state index contributed by atoms with van der Waals surface area (Å²) in [7, 11) is 0. The maximum Gasteiger partial charge on any atom is 0.173 e. The van der Waals surface area contributed by atoms with Crippen molar-refractivity contribution in [2.75, 3.05) is 0 Å². The lowest BCUT2D eigenvalue weighted by Crippen LogP contribution is -2.10. The molecule has 0 aliphatic carbocycles. The minimum absolute atomic E-state index is 0. The molecule has 2 aromatic carbocycles. The molecule has 0 aliphatic heterocycles. The number of nitrogens with zero attached hydrogens (tertiary/aromatic N) is 3. The van der Waals surface area contributed by atoms with Crippen molar-refractivity contribution in [1.82, 2.24) is 14.5 Å². The lowest BCUT2D eigenvalue weighted by atomic mass is 10.1. The van der Waals surface area contributed by atoms with E-state index in [4.69, 9.17) is 27.3 Å². The van der Waals surface area contributed by atoms with Gasteiger partial charge in [0.15, 0.2) is 5.16 Å². The van der Waals surface area contributed by atoms with Crippen molar-refractivity contribution in [3.05, 3.63) is 95.9 Å². The number of hydrogen-bond acceptors (Lipinski definition) is 5. The van der Waals surface area contributed by atoms with E-state index in [1.807, 2.05) is 77.5 Å². The largest absolute Gasteiger partial charge is 0.384 e. The number of thioether (sulfide) groups is 1. The third-order valence-corrected chi connectivity index (χ3v) is 5.68. The van der Waals surface area contributed by atoms with Crippen LogP contribution in [-0.4, -0.2) is 26.2 Å². The van der Waals surface area contributed by atoms with Gasteiger partial charge in [-0.05, 0) is 36.4 Å². The molecule has 2 heterocycles. The zero-order valence-electron chi connectivity index (χ0n) is 17.8. The Bertz CT molecular complexity index is 1230. The number of nitrogen functional groups attached to an aromatic ring is 2. The second-order valence-corrected chi connectivity index (χ2v) is 7.78. The normalized spacial score (nSPS) is 9.76. The van der Waals surface area contributed by atoms with E-state index in [1.165, 1.54) is 0 Å². The van der Waals surface area contributed by atoms with Crippen molar-refractivity contribution in [3.8, 4) is 16.9 Å². The number of benzene rings is 2. The van der Waals surface area contributed by atoms with Crippen molar-refractivity contribution < 1.29 is 0 Å². The molecule has 4 aromatic rings. The van der Waals surface area contributed by atoms with E-state index in [0.29, 0.717) is 16.9 Å². The lowest BCUT2D eigenvalue weighted by Gasteiger charge is -2.08. The van der Waals surface area contributed by atoms with Gasteiger partial charge in [0.2, 0.25) is 0 Å². The van der Waals surface area contributed by atoms with E-state index in [-0.39, 0.29) is 48.9 Å². The number of halogens is 3. The summed E-state index contributed by atoms with van der Waals surface area (Å²) in [6.45, 7) is 0.